The lowest BCUT2D eigenvalue weighted by Gasteiger charge is -2.27. The van der Waals surface area contributed by atoms with E-state index in [2.05, 4.69) is 0 Å². The van der Waals surface area contributed by atoms with Crippen LogP contribution in [0.15, 0.2) is 59.9 Å². The van der Waals surface area contributed by atoms with Gasteiger partial charge in [0.25, 0.3) is 5.91 Å². The van der Waals surface area contributed by atoms with Crippen molar-refractivity contribution in [3.8, 4) is 11.5 Å². The molecule has 0 saturated heterocycles. The van der Waals surface area contributed by atoms with Gasteiger partial charge < -0.3 is 19.5 Å². The van der Waals surface area contributed by atoms with Gasteiger partial charge in [0.05, 0.1) is 25.8 Å². The van der Waals surface area contributed by atoms with E-state index in [4.69, 9.17) is 9.47 Å². The molecule has 2 aromatic rings. The lowest BCUT2D eigenvalue weighted by Crippen LogP contribution is -2.32. The Hall–Kier alpha value is -3.28. The van der Waals surface area contributed by atoms with Crippen LogP contribution in [0.3, 0.4) is 0 Å². The summed E-state index contributed by atoms with van der Waals surface area (Å²) >= 11 is 0. The number of hydrogen-bond donors (Lipinski definition) is 1. The first-order valence-electron chi connectivity index (χ1n) is 10.5. The zero-order chi connectivity index (χ0) is 22.4. The molecule has 6 heteroatoms. The molecule has 1 heterocycles. The number of carbonyl (C=O) groups excluding carboxylic acids is 2. The summed E-state index contributed by atoms with van der Waals surface area (Å²) in [4.78, 5) is 27.7. The van der Waals surface area contributed by atoms with Crippen LogP contribution in [0.4, 0.5) is 0 Å². The minimum Gasteiger partial charge on any atom is -0.503 e. The second-order valence-electron chi connectivity index (χ2n) is 7.54. The van der Waals surface area contributed by atoms with Crippen molar-refractivity contribution in [1.29, 1.82) is 0 Å². The first-order chi connectivity index (χ1) is 15.0. The van der Waals surface area contributed by atoms with Gasteiger partial charge in [0, 0.05) is 13.0 Å². The van der Waals surface area contributed by atoms with Crippen molar-refractivity contribution >= 4 is 11.7 Å². The number of aryl methyl sites for hydroxylation is 1. The largest absolute Gasteiger partial charge is 0.503 e. The molecule has 1 N–H and O–H groups in total. The molecule has 1 aliphatic heterocycles. The van der Waals surface area contributed by atoms with Crippen molar-refractivity contribution in [2.45, 2.75) is 38.6 Å². The number of aliphatic hydroxyl groups is 1. The number of Topliss-reactive ketones (excluding diaryl/α,β-unsaturated/α-hetero) is 1. The van der Waals surface area contributed by atoms with Gasteiger partial charge in [-0.1, -0.05) is 49.7 Å². The predicted octanol–water partition coefficient (Wildman–Crippen LogP) is 4.40. The van der Waals surface area contributed by atoms with Crippen LogP contribution in [0.2, 0.25) is 0 Å². The summed E-state index contributed by atoms with van der Waals surface area (Å²) in [5.74, 6) is -0.120. The van der Waals surface area contributed by atoms with E-state index in [1.165, 1.54) is 7.11 Å². The fourth-order valence-corrected chi connectivity index (χ4v) is 3.90. The van der Waals surface area contributed by atoms with E-state index in [0.717, 1.165) is 18.4 Å². The van der Waals surface area contributed by atoms with Gasteiger partial charge in [0.1, 0.15) is 0 Å². The topological polar surface area (TPSA) is 76.1 Å². The van der Waals surface area contributed by atoms with Crippen molar-refractivity contribution in [3.05, 3.63) is 71.0 Å². The molecule has 1 aliphatic rings. The molecule has 0 radical (unpaired) electrons. The third kappa shape index (κ3) is 4.74. The summed E-state index contributed by atoms with van der Waals surface area (Å²) in [6.07, 6.45) is 2.41. The quantitative estimate of drug-likeness (QED) is 0.613. The molecule has 2 aromatic carbocycles. The first kappa shape index (κ1) is 22.4. The molecule has 31 heavy (non-hydrogen) atoms. The highest BCUT2D eigenvalue weighted by atomic mass is 16.5. The lowest BCUT2D eigenvalue weighted by atomic mass is 9.93. The van der Waals surface area contributed by atoms with Crippen LogP contribution >= 0.6 is 0 Å². The van der Waals surface area contributed by atoms with Crippen LogP contribution < -0.4 is 9.47 Å². The molecule has 0 saturated carbocycles. The molecule has 0 spiro atoms. The molecule has 6 nitrogen and oxygen atoms in total. The summed E-state index contributed by atoms with van der Waals surface area (Å²) in [7, 11) is 3.09. The second kappa shape index (κ2) is 10.2. The zero-order valence-corrected chi connectivity index (χ0v) is 18.3. The highest BCUT2D eigenvalue weighted by Gasteiger charge is 2.43. The number of unbranched alkanes of at least 4 members (excludes halogenated alkanes) is 1. The Morgan fingerprint density at radius 3 is 2.42 bits per heavy atom. The van der Waals surface area contributed by atoms with Gasteiger partial charge in [-0.25, -0.2) is 0 Å². The van der Waals surface area contributed by atoms with Crippen molar-refractivity contribution in [2.24, 2.45) is 0 Å². The number of methoxy groups -OCH3 is 2. The summed E-state index contributed by atoms with van der Waals surface area (Å²) in [6.45, 7) is 2.49. The van der Waals surface area contributed by atoms with Crippen molar-refractivity contribution in [3.63, 3.8) is 0 Å². The molecule has 0 bridgehead atoms. The molecule has 164 valence electrons. The van der Waals surface area contributed by atoms with Crippen LogP contribution in [0.5, 0.6) is 11.5 Å². The standard InChI is InChI=1S/C25H29NO5/c1-4-5-15-26-23(18-12-14-20(30-2)21(16-18)31-3)22(24(28)25(26)29)19(27)13-11-17-9-7-6-8-10-17/h6-10,12,14,16,23,28H,4-5,11,13,15H2,1-3H3. The number of ketones is 1. The monoisotopic (exact) mass is 423 g/mol. The van der Waals surface area contributed by atoms with E-state index in [1.54, 1.807) is 30.2 Å². The normalized spacial score (nSPS) is 16.0. The summed E-state index contributed by atoms with van der Waals surface area (Å²) in [6, 6.07) is 14.4. The summed E-state index contributed by atoms with van der Waals surface area (Å²) < 4.78 is 10.7. The molecule has 1 atom stereocenters. The fourth-order valence-electron chi connectivity index (χ4n) is 3.90. The number of hydrogen-bond acceptors (Lipinski definition) is 5. The van der Waals surface area contributed by atoms with E-state index in [0.29, 0.717) is 30.0 Å². The van der Waals surface area contributed by atoms with Gasteiger partial charge in [-0.05, 0) is 36.1 Å². The molecule has 0 aliphatic carbocycles. The van der Waals surface area contributed by atoms with Gasteiger partial charge in [0.2, 0.25) is 0 Å². The average molecular weight is 424 g/mol. The number of carbonyl (C=O) groups is 2. The van der Waals surface area contributed by atoms with Gasteiger partial charge in [-0.15, -0.1) is 0 Å². The molecular weight excluding hydrogens is 394 g/mol. The Morgan fingerprint density at radius 1 is 1.06 bits per heavy atom. The Kier molecular flexibility index (Phi) is 7.34. The fraction of sp³-hybridized carbons (Fsp3) is 0.360. The van der Waals surface area contributed by atoms with Gasteiger partial charge in [-0.2, -0.15) is 0 Å². The molecule has 0 fully saturated rings. The molecular formula is C25H29NO5. The Morgan fingerprint density at radius 2 is 1.77 bits per heavy atom. The molecule has 1 amide bonds. The Balaban J connectivity index is 1.96. The van der Waals surface area contributed by atoms with Crippen LogP contribution in [0, 0.1) is 0 Å². The van der Waals surface area contributed by atoms with Crippen molar-refractivity contribution < 1.29 is 24.2 Å². The highest BCUT2D eigenvalue weighted by molar-refractivity contribution is 6.09. The number of amides is 1. The minimum absolute atomic E-state index is 0.157. The molecule has 3 rings (SSSR count). The van der Waals surface area contributed by atoms with E-state index in [1.807, 2.05) is 37.3 Å². The summed E-state index contributed by atoms with van der Waals surface area (Å²) in [5, 5.41) is 10.7. The SMILES string of the molecule is CCCCN1C(=O)C(O)=C(C(=O)CCc2ccccc2)C1c1ccc(OC)c(OC)c1. The maximum Gasteiger partial charge on any atom is 0.290 e. The van der Waals surface area contributed by atoms with E-state index in [9.17, 15) is 14.7 Å². The maximum absolute atomic E-state index is 13.2. The second-order valence-corrected chi connectivity index (χ2v) is 7.54. The number of aliphatic hydroxyl groups excluding tert-OH is 1. The minimum atomic E-state index is -0.651. The van der Waals surface area contributed by atoms with Crippen LogP contribution in [-0.2, 0) is 16.0 Å². The van der Waals surface area contributed by atoms with E-state index >= 15 is 0 Å². The van der Waals surface area contributed by atoms with Gasteiger partial charge in [-0.3, -0.25) is 9.59 Å². The highest BCUT2D eigenvalue weighted by Crippen LogP contribution is 2.41. The third-order valence-corrected chi connectivity index (χ3v) is 5.56. The van der Waals surface area contributed by atoms with Crippen molar-refractivity contribution in [1.82, 2.24) is 4.90 Å². The number of rotatable bonds is 10. The first-order valence-corrected chi connectivity index (χ1v) is 10.5. The van der Waals surface area contributed by atoms with Gasteiger partial charge >= 0.3 is 0 Å². The Bertz CT molecular complexity index is 967. The van der Waals surface area contributed by atoms with Crippen LogP contribution in [-0.4, -0.2) is 42.5 Å². The average Bonchev–Trinajstić information content (AvgIpc) is 3.06. The number of ether oxygens (including phenoxy) is 2. The molecule has 0 aromatic heterocycles. The van der Waals surface area contributed by atoms with E-state index in [-0.39, 0.29) is 17.8 Å². The van der Waals surface area contributed by atoms with Crippen LogP contribution in [0.1, 0.15) is 43.4 Å². The third-order valence-electron chi connectivity index (χ3n) is 5.56. The van der Waals surface area contributed by atoms with Crippen molar-refractivity contribution in [2.75, 3.05) is 20.8 Å². The number of nitrogens with zero attached hydrogens (tertiary/aromatic N) is 1. The lowest BCUT2D eigenvalue weighted by molar-refractivity contribution is -0.129. The van der Waals surface area contributed by atoms with Gasteiger partial charge in [0.15, 0.2) is 23.0 Å². The molecule has 1 unspecified atom stereocenters. The smallest absolute Gasteiger partial charge is 0.290 e. The predicted molar refractivity (Wildman–Crippen MR) is 118 cm³/mol. The summed E-state index contributed by atoms with van der Waals surface area (Å²) in [5.41, 5.74) is 1.89. The maximum atomic E-state index is 13.2. The Labute approximate surface area is 183 Å². The zero-order valence-electron chi connectivity index (χ0n) is 18.3. The number of benzene rings is 2. The van der Waals surface area contributed by atoms with E-state index < -0.39 is 17.7 Å². The van der Waals surface area contributed by atoms with Crippen LogP contribution in [0.25, 0.3) is 0 Å².